The van der Waals surface area contributed by atoms with Gasteiger partial charge < -0.3 is 4.42 Å². The van der Waals surface area contributed by atoms with Crippen LogP contribution in [0, 0.1) is 27.7 Å². The van der Waals surface area contributed by atoms with Gasteiger partial charge in [0.25, 0.3) is 0 Å². The Kier molecular flexibility index (Phi) is 3.22. The largest absolute Gasteiger partial charge is 0.440 e. The summed E-state index contributed by atoms with van der Waals surface area (Å²) >= 11 is 1.66. The number of hydrogen-bond acceptors (Lipinski definition) is 4. The lowest BCUT2D eigenvalue weighted by Gasteiger charge is -2.01. The van der Waals surface area contributed by atoms with Crippen LogP contribution >= 0.6 is 11.3 Å². The van der Waals surface area contributed by atoms with E-state index in [0.717, 1.165) is 27.7 Å². The van der Waals surface area contributed by atoms with E-state index in [9.17, 15) is 0 Å². The molecule has 3 aromatic heterocycles. The summed E-state index contributed by atoms with van der Waals surface area (Å²) < 4.78 is 7.78. The Hall–Kier alpha value is -1.88. The zero-order valence-electron chi connectivity index (χ0n) is 12.1. The molecule has 0 spiro atoms. The van der Waals surface area contributed by atoms with Gasteiger partial charge in [-0.1, -0.05) is 0 Å². The molecule has 0 N–H and O–H groups in total. The molecule has 0 radical (unpaired) electrons. The Bertz CT molecular complexity index is 751. The van der Waals surface area contributed by atoms with Crippen molar-refractivity contribution in [3.05, 3.63) is 45.9 Å². The molecule has 4 nitrogen and oxygen atoms in total. The Morgan fingerprint density at radius 2 is 2.05 bits per heavy atom. The number of oxazole rings is 1. The third kappa shape index (κ3) is 2.29. The predicted octanol–water partition coefficient (Wildman–Crippen LogP) is 3.88. The Balaban J connectivity index is 1.94. The van der Waals surface area contributed by atoms with Crippen LogP contribution in [0.2, 0.25) is 0 Å². The summed E-state index contributed by atoms with van der Waals surface area (Å²) in [5, 5.41) is 6.53. The molecule has 0 fully saturated rings. The van der Waals surface area contributed by atoms with E-state index in [1.807, 2.05) is 18.5 Å². The molecule has 5 heteroatoms. The summed E-state index contributed by atoms with van der Waals surface area (Å²) in [5.41, 5.74) is 4.31. The van der Waals surface area contributed by atoms with E-state index in [-0.39, 0.29) is 0 Å². The molecule has 3 rings (SSSR count). The fourth-order valence-corrected chi connectivity index (χ4v) is 3.09. The maximum atomic E-state index is 5.82. The van der Waals surface area contributed by atoms with E-state index in [0.29, 0.717) is 12.4 Å². The maximum absolute atomic E-state index is 5.82. The highest BCUT2D eigenvalue weighted by molar-refractivity contribution is 7.13. The second-order valence-electron chi connectivity index (χ2n) is 5.04. The average molecular weight is 287 g/mol. The quantitative estimate of drug-likeness (QED) is 0.734. The topological polar surface area (TPSA) is 43.9 Å². The van der Waals surface area contributed by atoms with Crippen LogP contribution in [0.25, 0.3) is 10.8 Å². The van der Waals surface area contributed by atoms with Gasteiger partial charge in [-0.2, -0.15) is 5.10 Å². The molecule has 0 amide bonds. The molecule has 104 valence electrons. The molecule has 20 heavy (non-hydrogen) atoms. The Morgan fingerprint density at radius 3 is 2.65 bits per heavy atom. The van der Waals surface area contributed by atoms with Gasteiger partial charge in [0.2, 0.25) is 5.89 Å². The molecular formula is C15H17N3OS. The van der Waals surface area contributed by atoms with Crippen LogP contribution in [0.3, 0.4) is 0 Å². The Labute approximate surface area is 122 Å². The van der Waals surface area contributed by atoms with E-state index < -0.39 is 0 Å². The molecule has 0 atom stereocenters. The van der Waals surface area contributed by atoms with E-state index in [4.69, 9.17) is 4.42 Å². The highest BCUT2D eigenvalue weighted by Crippen LogP contribution is 2.30. The molecule has 0 saturated heterocycles. The fourth-order valence-electron chi connectivity index (χ4n) is 2.24. The first-order chi connectivity index (χ1) is 9.54. The summed E-state index contributed by atoms with van der Waals surface area (Å²) in [6, 6.07) is 4.15. The van der Waals surface area contributed by atoms with Gasteiger partial charge in [0.1, 0.15) is 11.5 Å². The van der Waals surface area contributed by atoms with E-state index in [1.165, 1.54) is 5.56 Å². The predicted molar refractivity (Wildman–Crippen MR) is 80.1 cm³/mol. The number of thiophene rings is 1. The number of aromatic nitrogens is 3. The van der Waals surface area contributed by atoms with Gasteiger partial charge in [-0.05, 0) is 50.8 Å². The first kappa shape index (κ1) is 13.1. The first-order valence-corrected chi connectivity index (χ1v) is 7.44. The van der Waals surface area contributed by atoms with Gasteiger partial charge in [-0.3, -0.25) is 4.68 Å². The minimum absolute atomic E-state index is 0.652. The lowest BCUT2D eigenvalue weighted by molar-refractivity contribution is 0.536. The average Bonchev–Trinajstić information content (AvgIpc) is 3.02. The van der Waals surface area contributed by atoms with E-state index in [2.05, 4.69) is 41.4 Å². The van der Waals surface area contributed by atoms with Gasteiger partial charge in [-0.25, -0.2) is 4.98 Å². The van der Waals surface area contributed by atoms with Crippen molar-refractivity contribution >= 4 is 11.3 Å². The zero-order chi connectivity index (χ0) is 14.3. The molecule has 0 saturated carbocycles. The van der Waals surface area contributed by atoms with Gasteiger partial charge in [0, 0.05) is 5.69 Å². The standard InChI is InChI=1S/C15H17N3OS/c1-9-5-6-20-14(9)15-16-13(12(4)19-15)8-18-11(3)7-10(2)17-18/h5-7H,8H2,1-4H3. The third-order valence-electron chi connectivity index (χ3n) is 3.35. The summed E-state index contributed by atoms with van der Waals surface area (Å²) in [5.74, 6) is 1.58. The summed E-state index contributed by atoms with van der Waals surface area (Å²) in [6.45, 7) is 8.74. The van der Waals surface area contributed by atoms with Crippen molar-refractivity contribution in [3.63, 3.8) is 0 Å². The minimum Gasteiger partial charge on any atom is -0.440 e. The molecule has 3 aromatic rings. The van der Waals surface area contributed by atoms with Crippen LogP contribution in [0.1, 0.15) is 28.4 Å². The van der Waals surface area contributed by atoms with Crippen molar-refractivity contribution in [2.45, 2.75) is 34.2 Å². The minimum atomic E-state index is 0.652. The first-order valence-electron chi connectivity index (χ1n) is 6.56. The monoisotopic (exact) mass is 287 g/mol. The van der Waals surface area contributed by atoms with Crippen molar-refractivity contribution in [2.24, 2.45) is 0 Å². The molecule has 0 aromatic carbocycles. The third-order valence-corrected chi connectivity index (χ3v) is 4.36. The summed E-state index contributed by atoms with van der Waals surface area (Å²) in [7, 11) is 0. The van der Waals surface area contributed by atoms with Crippen LogP contribution in [0.15, 0.2) is 21.9 Å². The van der Waals surface area contributed by atoms with Crippen molar-refractivity contribution in [1.29, 1.82) is 0 Å². The smallest absolute Gasteiger partial charge is 0.237 e. The van der Waals surface area contributed by atoms with Gasteiger partial charge >= 0.3 is 0 Å². The molecule has 3 heterocycles. The number of nitrogens with zero attached hydrogens (tertiary/aromatic N) is 3. The molecule has 0 aliphatic rings. The number of aryl methyl sites for hydroxylation is 4. The molecule has 0 bridgehead atoms. The van der Waals surface area contributed by atoms with Crippen molar-refractivity contribution in [3.8, 4) is 10.8 Å². The van der Waals surface area contributed by atoms with Gasteiger partial charge in [0.05, 0.1) is 17.1 Å². The van der Waals surface area contributed by atoms with Crippen LogP contribution in [0.5, 0.6) is 0 Å². The lowest BCUT2D eigenvalue weighted by atomic mass is 10.3. The summed E-state index contributed by atoms with van der Waals surface area (Å²) in [4.78, 5) is 5.75. The van der Waals surface area contributed by atoms with Crippen molar-refractivity contribution in [2.75, 3.05) is 0 Å². The fraction of sp³-hybridized carbons (Fsp3) is 0.333. The highest BCUT2D eigenvalue weighted by Gasteiger charge is 2.15. The van der Waals surface area contributed by atoms with Gasteiger partial charge in [-0.15, -0.1) is 11.3 Å². The number of rotatable bonds is 3. The SMILES string of the molecule is Cc1cc(C)n(Cc2nc(-c3sccc3C)oc2C)n1. The molecule has 0 aliphatic heterocycles. The number of hydrogen-bond donors (Lipinski definition) is 0. The molecular weight excluding hydrogens is 270 g/mol. The van der Waals surface area contributed by atoms with Crippen LogP contribution in [0.4, 0.5) is 0 Å². The zero-order valence-corrected chi connectivity index (χ0v) is 12.9. The molecule has 0 aliphatic carbocycles. The van der Waals surface area contributed by atoms with Crippen LogP contribution in [-0.2, 0) is 6.54 Å². The van der Waals surface area contributed by atoms with Gasteiger partial charge in [0.15, 0.2) is 0 Å². The summed E-state index contributed by atoms with van der Waals surface area (Å²) in [6.07, 6.45) is 0. The second kappa shape index (κ2) is 4.90. The Morgan fingerprint density at radius 1 is 1.25 bits per heavy atom. The van der Waals surface area contributed by atoms with Crippen LogP contribution in [-0.4, -0.2) is 14.8 Å². The van der Waals surface area contributed by atoms with E-state index >= 15 is 0 Å². The normalized spacial score (nSPS) is 11.2. The van der Waals surface area contributed by atoms with Crippen molar-refractivity contribution in [1.82, 2.24) is 14.8 Å². The van der Waals surface area contributed by atoms with Crippen molar-refractivity contribution < 1.29 is 4.42 Å². The second-order valence-corrected chi connectivity index (χ2v) is 5.96. The highest BCUT2D eigenvalue weighted by atomic mass is 32.1. The van der Waals surface area contributed by atoms with E-state index in [1.54, 1.807) is 11.3 Å². The van der Waals surface area contributed by atoms with Crippen LogP contribution < -0.4 is 0 Å². The maximum Gasteiger partial charge on any atom is 0.237 e. The molecule has 0 unspecified atom stereocenters. The lowest BCUT2D eigenvalue weighted by Crippen LogP contribution is -2.05.